The molecule has 1 saturated carbocycles. The van der Waals surface area contributed by atoms with Gasteiger partial charge in [-0.2, -0.15) is 0 Å². The highest BCUT2D eigenvalue weighted by Gasteiger charge is 2.31. The number of rotatable bonds is 9. The Kier molecular flexibility index (Phi) is 11.1. The molecule has 3 rings (SSSR count). The van der Waals surface area contributed by atoms with Gasteiger partial charge in [0.15, 0.2) is 5.96 Å². The van der Waals surface area contributed by atoms with Crippen LogP contribution in [0.25, 0.3) is 0 Å². The summed E-state index contributed by atoms with van der Waals surface area (Å²) < 4.78 is 0. The molecule has 7 heteroatoms. The lowest BCUT2D eigenvalue weighted by molar-refractivity contribution is -0.128. The number of likely N-dealkylation sites (tertiary alicyclic amines) is 1. The van der Waals surface area contributed by atoms with Crippen LogP contribution >= 0.6 is 24.0 Å². The van der Waals surface area contributed by atoms with E-state index >= 15 is 0 Å². The van der Waals surface area contributed by atoms with Crippen LogP contribution in [0.5, 0.6) is 0 Å². The Morgan fingerprint density at radius 3 is 2.42 bits per heavy atom. The monoisotopic (exact) mass is 542 g/mol. The Hall–Kier alpha value is -1.35. The van der Waals surface area contributed by atoms with Gasteiger partial charge in [0.25, 0.3) is 0 Å². The fourth-order valence-electron chi connectivity index (χ4n) is 4.68. The van der Waals surface area contributed by atoms with Crippen molar-refractivity contribution in [2.24, 2.45) is 10.4 Å². The van der Waals surface area contributed by atoms with Crippen LogP contribution in [0, 0.1) is 5.41 Å². The molecular weight excluding hydrogens is 503 g/mol. The summed E-state index contributed by atoms with van der Waals surface area (Å²) in [5.41, 5.74) is 2.52. The average Bonchev–Trinajstić information content (AvgIpc) is 3.16. The summed E-state index contributed by atoms with van der Waals surface area (Å²) >= 11 is 0. The fourth-order valence-corrected chi connectivity index (χ4v) is 4.68. The zero-order valence-electron chi connectivity index (χ0n) is 18.9. The zero-order chi connectivity index (χ0) is 21.2. The van der Waals surface area contributed by atoms with E-state index in [1.807, 2.05) is 4.90 Å². The summed E-state index contributed by atoms with van der Waals surface area (Å²) in [5, 5.41) is 16.4. The molecule has 0 atom stereocenters. The predicted molar refractivity (Wildman–Crippen MR) is 137 cm³/mol. The molecule has 0 spiro atoms. The molecule has 31 heavy (non-hydrogen) atoms. The first-order chi connectivity index (χ1) is 14.6. The molecule has 0 radical (unpaired) electrons. The van der Waals surface area contributed by atoms with E-state index in [1.54, 1.807) is 0 Å². The van der Waals surface area contributed by atoms with Crippen molar-refractivity contribution in [2.75, 3.05) is 26.2 Å². The van der Waals surface area contributed by atoms with Crippen LogP contribution < -0.4 is 10.6 Å². The third-order valence-electron chi connectivity index (χ3n) is 6.52. The highest BCUT2D eigenvalue weighted by molar-refractivity contribution is 14.0. The molecule has 1 heterocycles. The lowest BCUT2D eigenvalue weighted by Crippen LogP contribution is -2.44. The number of hydrogen-bond donors (Lipinski definition) is 3. The lowest BCUT2D eigenvalue weighted by Gasteiger charge is -2.37. The maximum absolute atomic E-state index is 11.8. The predicted octanol–water partition coefficient (Wildman–Crippen LogP) is 3.82. The molecule has 1 aliphatic heterocycles. The van der Waals surface area contributed by atoms with Gasteiger partial charge in [0.2, 0.25) is 5.91 Å². The molecular formula is C24H39IN4O2. The molecule has 2 fully saturated rings. The van der Waals surface area contributed by atoms with Crippen LogP contribution in [0.2, 0.25) is 0 Å². The first-order valence-corrected chi connectivity index (χ1v) is 11.6. The average molecular weight is 543 g/mol. The number of guanidine groups is 1. The molecule has 3 N–H and O–H groups in total. The zero-order valence-corrected chi connectivity index (χ0v) is 21.2. The first-order valence-electron chi connectivity index (χ1n) is 11.6. The third-order valence-corrected chi connectivity index (χ3v) is 6.52. The van der Waals surface area contributed by atoms with Gasteiger partial charge in [-0.1, -0.05) is 43.5 Å². The molecule has 1 aromatic carbocycles. The van der Waals surface area contributed by atoms with Crippen molar-refractivity contribution in [2.45, 2.75) is 71.4 Å². The number of aliphatic hydroxyl groups is 1. The third kappa shape index (κ3) is 7.93. The van der Waals surface area contributed by atoms with Crippen molar-refractivity contribution in [3.63, 3.8) is 0 Å². The summed E-state index contributed by atoms with van der Waals surface area (Å²) in [4.78, 5) is 18.5. The molecule has 1 amide bonds. The van der Waals surface area contributed by atoms with E-state index in [4.69, 9.17) is 4.99 Å². The normalized spacial score (nSPS) is 18.6. The van der Waals surface area contributed by atoms with Gasteiger partial charge in [-0.3, -0.25) is 4.79 Å². The van der Waals surface area contributed by atoms with Crippen LogP contribution in [-0.2, 0) is 17.9 Å². The molecule has 0 bridgehead atoms. The highest BCUT2D eigenvalue weighted by Crippen LogP contribution is 2.38. The number of amides is 1. The standard InChI is InChI=1S/C24H38N4O2.HI/c1-2-25-23(27-19-24(14-16-29)12-4-3-5-13-24)26-17-20-8-10-21(11-9-20)18-28-15-6-7-22(28)30;/h8-11,29H,2-7,12-19H2,1H3,(H2,25,26,27);1H. The molecule has 1 saturated heterocycles. The molecule has 2 aliphatic rings. The SMILES string of the molecule is CCNC(=NCc1ccc(CN2CCCC2=O)cc1)NCC1(CCO)CCCCC1.I. The van der Waals surface area contributed by atoms with Crippen LogP contribution in [0.15, 0.2) is 29.3 Å². The number of nitrogens with one attached hydrogen (secondary N) is 2. The van der Waals surface area contributed by atoms with Crippen LogP contribution in [0.1, 0.15) is 69.4 Å². The Labute approximate surface area is 204 Å². The van der Waals surface area contributed by atoms with E-state index in [0.29, 0.717) is 19.5 Å². The quantitative estimate of drug-likeness (QED) is 0.252. The van der Waals surface area contributed by atoms with E-state index < -0.39 is 0 Å². The maximum atomic E-state index is 11.8. The fraction of sp³-hybridized carbons (Fsp3) is 0.667. The number of carbonyl (C=O) groups excluding carboxylic acids is 1. The summed E-state index contributed by atoms with van der Waals surface area (Å²) in [7, 11) is 0. The van der Waals surface area contributed by atoms with Gasteiger partial charge in [0.05, 0.1) is 6.54 Å². The van der Waals surface area contributed by atoms with Gasteiger partial charge in [-0.25, -0.2) is 4.99 Å². The molecule has 6 nitrogen and oxygen atoms in total. The summed E-state index contributed by atoms with van der Waals surface area (Å²) in [6.45, 7) is 6.22. The second kappa shape index (κ2) is 13.3. The Bertz CT molecular complexity index is 697. The van der Waals surface area contributed by atoms with Crippen molar-refractivity contribution in [3.8, 4) is 0 Å². The van der Waals surface area contributed by atoms with E-state index in [1.165, 1.54) is 37.7 Å². The minimum atomic E-state index is 0. The second-order valence-corrected chi connectivity index (χ2v) is 8.82. The molecule has 0 aromatic heterocycles. The molecule has 1 aromatic rings. The molecule has 1 aliphatic carbocycles. The van der Waals surface area contributed by atoms with Crippen LogP contribution in [0.3, 0.4) is 0 Å². The number of hydrogen-bond acceptors (Lipinski definition) is 3. The summed E-state index contributed by atoms with van der Waals surface area (Å²) in [6, 6.07) is 8.43. The van der Waals surface area contributed by atoms with E-state index in [2.05, 4.69) is 41.8 Å². The molecule has 0 unspecified atom stereocenters. The number of aliphatic hydroxyl groups excluding tert-OH is 1. The number of nitrogens with zero attached hydrogens (tertiary/aromatic N) is 2. The van der Waals surface area contributed by atoms with Crippen molar-refractivity contribution < 1.29 is 9.90 Å². The first kappa shape index (κ1) is 25.9. The van der Waals surface area contributed by atoms with Gasteiger partial charge in [0.1, 0.15) is 0 Å². The number of halogens is 1. The van der Waals surface area contributed by atoms with Crippen LogP contribution in [-0.4, -0.2) is 48.1 Å². The number of benzene rings is 1. The lowest BCUT2D eigenvalue weighted by atomic mass is 9.72. The van der Waals surface area contributed by atoms with Gasteiger partial charge >= 0.3 is 0 Å². The second-order valence-electron chi connectivity index (χ2n) is 8.82. The maximum Gasteiger partial charge on any atom is 0.222 e. The molecule has 174 valence electrons. The Morgan fingerprint density at radius 1 is 1.10 bits per heavy atom. The van der Waals surface area contributed by atoms with Crippen molar-refractivity contribution >= 4 is 35.8 Å². The van der Waals surface area contributed by atoms with Crippen molar-refractivity contribution in [3.05, 3.63) is 35.4 Å². The minimum Gasteiger partial charge on any atom is -0.396 e. The van der Waals surface area contributed by atoms with E-state index in [0.717, 1.165) is 44.0 Å². The van der Waals surface area contributed by atoms with Crippen LogP contribution in [0.4, 0.5) is 0 Å². The smallest absolute Gasteiger partial charge is 0.222 e. The largest absolute Gasteiger partial charge is 0.396 e. The van der Waals surface area contributed by atoms with E-state index in [-0.39, 0.29) is 41.9 Å². The Morgan fingerprint density at radius 2 is 1.81 bits per heavy atom. The topological polar surface area (TPSA) is 77.0 Å². The van der Waals surface area contributed by atoms with Gasteiger partial charge < -0.3 is 20.6 Å². The van der Waals surface area contributed by atoms with Gasteiger partial charge in [-0.15, -0.1) is 24.0 Å². The summed E-state index contributed by atoms with van der Waals surface area (Å²) in [6.07, 6.45) is 8.71. The number of aliphatic imine (C=N–C) groups is 1. The van der Waals surface area contributed by atoms with Gasteiger partial charge in [0, 0.05) is 39.2 Å². The Balaban J connectivity index is 0.00000341. The van der Waals surface area contributed by atoms with Crippen molar-refractivity contribution in [1.29, 1.82) is 0 Å². The summed E-state index contributed by atoms with van der Waals surface area (Å²) in [5.74, 6) is 1.11. The minimum absolute atomic E-state index is 0. The van der Waals surface area contributed by atoms with Gasteiger partial charge in [-0.05, 0) is 49.1 Å². The van der Waals surface area contributed by atoms with E-state index in [9.17, 15) is 9.90 Å². The highest BCUT2D eigenvalue weighted by atomic mass is 127. The number of carbonyl (C=O) groups is 1. The van der Waals surface area contributed by atoms with Crippen molar-refractivity contribution in [1.82, 2.24) is 15.5 Å².